The number of carbonyl (C=O) groups excluding carboxylic acids is 1. The fourth-order valence-electron chi connectivity index (χ4n) is 5.43. The molecule has 2 aromatic heterocycles. The van der Waals surface area contributed by atoms with Crippen LogP contribution in [0.5, 0.6) is 5.88 Å². The number of anilines is 2. The lowest BCUT2D eigenvalue weighted by atomic mass is 10.0. The van der Waals surface area contributed by atoms with E-state index in [1.54, 1.807) is 13.8 Å². The summed E-state index contributed by atoms with van der Waals surface area (Å²) in [4.78, 5) is 32.7. The molecular formula is C29H36F3N7O3. The summed E-state index contributed by atoms with van der Waals surface area (Å²) in [5.41, 5.74) is 0.507. The van der Waals surface area contributed by atoms with Crippen LogP contribution in [0.15, 0.2) is 24.3 Å². The number of methoxy groups -OCH3 is 1. The first-order valence-corrected chi connectivity index (χ1v) is 14.0. The average Bonchev–Trinajstić information content (AvgIpc) is 2.95. The standard InChI is InChI=1S/C29H36F3N7O3/c1-17(19-7-6-8-21(24(19)30)29(3,31)32)33-25-20-15-22(27(41-5)36-26(20)35-18(2)34-25)38-9-11-39(12-10-38)28(40)23-16-37(4)13-14-42-23/h6-8,15,17,23H,9-14,16H2,1-5H3,(H,33,34,35,36)/t17-,23?/m1/s1. The predicted molar refractivity (Wildman–Crippen MR) is 153 cm³/mol. The topological polar surface area (TPSA) is 96.0 Å². The van der Waals surface area contributed by atoms with Crippen molar-refractivity contribution in [1.29, 1.82) is 0 Å². The van der Waals surface area contributed by atoms with Gasteiger partial charge in [-0.1, -0.05) is 18.2 Å². The van der Waals surface area contributed by atoms with Gasteiger partial charge < -0.3 is 29.5 Å². The number of halogens is 3. The molecule has 0 spiro atoms. The van der Waals surface area contributed by atoms with E-state index in [0.29, 0.717) is 80.5 Å². The Hall–Kier alpha value is -3.71. The molecule has 0 saturated carbocycles. The molecule has 3 aromatic rings. The number of benzene rings is 1. The van der Waals surface area contributed by atoms with Crippen molar-refractivity contribution in [2.24, 2.45) is 0 Å². The predicted octanol–water partition coefficient (Wildman–Crippen LogP) is 3.74. The molecule has 1 N–H and O–H groups in total. The Bertz CT molecular complexity index is 1460. The molecule has 2 fully saturated rings. The highest BCUT2D eigenvalue weighted by Crippen LogP contribution is 2.36. The number of aromatic nitrogens is 3. The highest BCUT2D eigenvalue weighted by atomic mass is 19.3. The Balaban J connectivity index is 1.40. The highest BCUT2D eigenvalue weighted by Gasteiger charge is 2.33. The number of fused-ring (bicyclic) bond motifs is 1. The Morgan fingerprint density at radius 2 is 1.90 bits per heavy atom. The zero-order valence-electron chi connectivity index (χ0n) is 24.5. The van der Waals surface area contributed by atoms with E-state index in [1.807, 2.05) is 18.0 Å². The number of aryl methyl sites for hydroxylation is 1. The second kappa shape index (κ2) is 11.9. The molecule has 1 unspecified atom stereocenters. The van der Waals surface area contributed by atoms with Gasteiger partial charge in [0.25, 0.3) is 11.8 Å². The summed E-state index contributed by atoms with van der Waals surface area (Å²) in [6.45, 7) is 8.09. The van der Waals surface area contributed by atoms with E-state index < -0.39 is 29.4 Å². The smallest absolute Gasteiger partial charge is 0.273 e. The third kappa shape index (κ3) is 6.07. The van der Waals surface area contributed by atoms with Crippen molar-refractivity contribution >= 4 is 28.4 Å². The van der Waals surface area contributed by atoms with E-state index in [2.05, 4.69) is 30.1 Å². The lowest BCUT2D eigenvalue weighted by Crippen LogP contribution is -2.55. The van der Waals surface area contributed by atoms with Gasteiger partial charge in [-0.25, -0.2) is 23.1 Å². The number of likely N-dealkylation sites (N-methyl/N-ethyl adjacent to an activating group) is 1. The molecule has 1 amide bonds. The number of ether oxygens (including phenoxy) is 2. The summed E-state index contributed by atoms with van der Waals surface area (Å²) in [5, 5.41) is 3.75. The van der Waals surface area contributed by atoms with Crippen LogP contribution in [0.1, 0.15) is 36.8 Å². The Morgan fingerprint density at radius 1 is 1.17 bits per heavy atom. The molecule has 42 heavy (non-hydrogen) atoms. The summed E-state index contributed by atoms with van der Waals surface area (Å²) in [7, 11) is 3.51. The van der Waals surface area contributed by atoms with Gasteiger partial charge >= 0.3 is 0 Å². The minimum Gasteiger partial charge on any atom is -0.479 e. The first kappa shape index (κ1) is 29.8. The van der Waals surface area contributed by atoms with Crippen molar-refractivity contribution in [3.05, 3.63) is 47.0 Å². The number of hydrogen-bond acceptors (Lipinski definition) is 9. The van der Waals surface area contributed by atoms with Crippen molar-refractivity contribution in [1.82, 2.24) is 24.8 Å². The zero-order valence-corrected chi connectivity index (χ0v) is 24.5. The largest absolute Gasteiger partial charge is 0.479 e. The van der Waals surface area contributed by atoms with Crippen LogP contribution in [0.3, 0.4) is 0 Å². The number of nitrogens with zero attached hydrogens (tertiary/aromatic N) is 6. The van der Waals surface area contributed by atoms with Crippen molar-refractivity contribution in [3.63, 3.8) is 0 Å². The number of nitrogens with one attached hydrogen (secondary N) is 1. The molecule has 0 radical (unpaired) electrons. The molecule has 5 rings (SSSR count). The van der Waals surface area contributed by atoms with Crippen LogP contribution in [0.2, 0.25) is 0 Å². The van der Waals surface area contributed by atoms with Gasteiger partial charge in [-0.15, -0.1) is 0 Å². The Kier molecular flexibility index (Phi) is 8.42. The maximum absolute atomic E-state index is 15.1. The number of piperazine rings is 1. The fraction of sp³-hybridized carbons (Fsp3) is 0.517. The number of morpholine rings is 1. The van der Waals surface area contributed by atoms with E-state index in [4.69, 9.17) is 9.47 Å². The number of hydrogen-bond donors (Lipinski definition) is 1. The van der Waals surface area contributed by atoms with E-state index in [9.17, 15) is 13.6 Å². The maximum Gasteiger partial charge on any atom is 0.273 e. The van der Waals surface area contributed by atoms with Crippen molar-refractivity contribution in [2.45, 2.75) is 38.8 Å². The number of pyridine rings is 1. The lowest BCUT2D eigenvalue weighted by Gasteiger charge is -2.39. The van der Waals surface area contributed by atoms with Gasteiger partial charge in [0, 0.05) is 51.8 Å². The molecule has 2 aliphatic heterocycles. The van der Waals surface area contributed by atoms with E-state index in [1.165, 1.54) is 19.2 Å². The summed E-state index contributed by atoms with van der Waals surface area (Å²) >= 11 is 0. The molecule has 226 valence electrons. The minimum atomic E-state index is -3.32. The number of amides is 1. The highest BCUT2D eigenvalue weighted by molar-refractivity contribution is 5.91. The molecule has 4 heterocycles. The van der Waals surface area contributed by atoms with Crippen LogP contribution in [-0.4, -0.2) is 96.8 Å². The van der Waals surface area contributed by atoms with Crippen LogP contribution in [0.4, 0.5) is 24.7 Å². The summed E-state index contributed by atoms with van der Waals surface area (Å²) in [6, 6.07) is 5.15. The lowest BCUT2D eigenvalue weighted by molar-refractivity contribution is -0.149. The number of carbonyl (C=O) groups is 1. The first-order chi connectivity index (χ1) is 20.0. The number of alkyl halides is 2. The zero-order chi connectivity index (χ0) is 30.2. The van der Waals surface area contributed by atoms with Crippen LogP contribution < -0.4 is 15.0 Å². The molecule has 2 saturated heterocycles. The van der Waals surface area contributed by atoms with Crippen LogP contribution in [0, 0.1) is 12.7 Å². The molecule has 0 aliphatic carbocycles. The molecule has 1 aromatic carbocycles. The van der Waals surface area contributed by atoms with Gasteiger partial charge in [-0.3, -0.25) is 4.79 Å². The Labute approximate surface area is 242 Å². The van der Waals surface area contributed by atoms with E-state index >= 15 is 4.39 Å². The monoisotopic (exact) mass is 587 g/mol. The van der Waals surface area contributed by atoms with Crippen molar-refractivity contribution in [2.75, 3.05) is 70.2 Å². The average molecular weight is 588 g/mol. The SMILES string of the molecule is COc1nc2nc(C)nc(N[C@H](C)c3cccc(C(C)(F)F)c3F)c2cc1N1CCN(C(=O)C2CN(C)CCO2)CC1. The summed E-state index contributed by atoms with van der Waals surface area (Å²) < 4.78 is 54.4. The summed E-state index contributed by atoms with van der Waals surface area (Å²) in [5.74, 6) is -3.09. The van der Waals surface area contributed by atoms with Gasteiger partial charge in [0.1, 0.15) is 29.3 Å². The van der Waals surface area contributed by atoms with Gasteiger partial charge in [0.2, 0.25) is 5.88 Å². The second-order valence-electron chi connectivity index (χ2n) is 10.9. The summed E-state index contributed by atoms with van der Waals surface area (Å²) in [6.07, 6.45) is -0.461. The third-order valence-electron chi connectivity index (χ3n) is 7.74. The Morgan fingerprint density at radius 3 is 2.57 bits per heavy atom. The molecule has 10 nitrogen and oxygen atoms in total. The van der Waals surface area contributed by atoms with Crippen molar-refractivity contribution < 1.29 is 27.4 Å². The molecule has 0 bridgehead atoms. The van der Waals surface area contributed by atoms with E-state index in [-0.39, 0.29) is 11.5 Å². The quantitative estimate of drug-likeness (QED) is 0.444. The minimum absolute atomic E-state index is 0.00807. The molecule has 13 heteroatoms. The molecular weight excluding hydrogens is 551 g/mol. The number of rotatable bonds is 7. The van der Waals surface area contributed by atoms with Crippen LogP contribution in [0.25, 0.3) is 11.0 Å². The van der Waals surface area contributed by atoms with Crippen LogP contribution in [-0.2, 0) is 15.5 Å². The fourth-order valence-corrected chi connectivity index (χ4v) is 5.43. The molecule has 2 aliphatic rings. The van der Waals surface area contributed by atoms with Gasteiger partial charge in [0.05, 0.1) is 30.7 Å². The first-order valence-electron chi connectivity index (χ1n) is 14.0. The molecule has 2 atom stereocenters. The second-order valence-corrected chi connectivity index (χ2v) is 10.9. The third-order valence-corrected chi connectivity index (χ3v) is 7.74. The maximum atomic E-state index is 15.1. The van der Waals surface area contributed by atoms with Crippen molar-refractivity contribution in [3.8, 4) is 5.88 Å². The van der Waals surface area contributed by atoms with Gasteiger partial charge in [-0.2, -0.15) is 4.98 Å². The van der Waals surface area contributed by atoms with Crippen LogP contribution >= 0.6 is 0 Å². The van der Waals surface area contributed by atoms with Gasteiger partial charge in [0.15, 0.2) is 5.65 Å². The van der Waals surface area contributed by atoms with Gasteiger partial charge in [-0.05, 0) is 27.0 Å². The van der Waals surface area contributed by atoms with E-state index in [0.717, 1.165) is 12.6 Å². The normalized spacial score (nSPS) is 19.2.